The van der Waals surface area contributed by atoms with Crippen LogP contribution in [0.5, 0.6) is 11.5 Å². The van der Waals surface area contributed by atoms with Crippen LogP contribution in [0, 0.1) is 11.3 Å². The lowest BCUT2D eigenvalue weighted by Gasteiger charge is -2.18. The summed E-state index contributed by atoms with van der Waals surface area (Å²) >= 11 is 1.12. The molecule has 1 aliphatic heterocycles. The number of benzene rings is 3. The number of aliphatic imine (C=N–C) groups is 1. The van der Waals surface area contributed by atoms with Crippen molar-refractivity contribution >= 4 is 46.2 Å². The van der Waals surface area contributed by atoms with Crippen LogP contribution in [0.2, 0.25) is 0 Å². The van der Waals surface area contributed by atoms with E-state index >= 15 is 0 Å². The zero-order chi connectivity index (χ0) is 25.5. The number of carbonyl (C=O) groups excluding carboxylic acids is 2. The summed E-state index contributed by atoms with van der Waals surface area (Å²) in [5, 5.41) is 12.4. The summed E-state index contributed by atoms with van der Waals surface area (Å²) in [6, 6.07) is 23.1. The lowest BCUT2D eigenvalue weighted by atomic mass is 10.2. The monoisotopic (exact) mass is 498 g/mol. The van der Waals surface area contributed by atoms with Crippen molar-refractivity contribution in [3.8, 4) is 17.6 Å². The van der Waals surface area contributed by atoms with Crippen molar-refractivity contribution in [2.75, 3.05) is 30.2 Å². The number of para-hydroxylation sites is 1. The minimum Gasteiger partial charge on any atom is -0.497 e. The molecular formula is C27H22N4O4S. The van der Waals surface area contributed by atoms with Gasteiger partial charge in [0, 0.05) is 6.07 Å². The quantitative estimate of drug-likeness (QED) is 0.474. The highest BCUT2D eigenvalue weighted by molar-refractivity contribution is 8.14. The van der Waals surface area contributed by atoms with Crippen LogP contribution in [0.4, 0.5) is 11.4 Å². The maximum Gasteiger partial charge on any atom is 0.283 e. The van der Waals surface area contributed by atoms with Crippen molar-refractivity contribution in [2.45, 2.75) is 0 Å². The highest BCUT2D eigenvalue weighted by Gasteiger charge is 2.32. The molecule has 8 nitrogen and oxygen atoms in total. The Labute approximate surface area is 212 Å². The van der Waals surface area contributed by atoms with Gasteiger partial charge >= 0.3 is 0 Å². The molecule has 0 bridgehead atoms. The third-order valence-corrected chi connectivity index (χ3v) is 6.15. The van der Waals surface area contributed by atoms with E-state index in [1.54, 1.807) is 81.0 Å². The third-order valence-electron chi connectivity index (χ3n) is 5.21. The van der Waals surface area contributed by atoms with Gasteiger partial charge in [0.25, 0.3) is 5.91 Å². The average molecular weight is 499 g/mol. The van der Waals surface area contributed by atoms with Crippen LogP contribution >= 0.6 is 11.8 Å². The number of carbonyl (C=O) groups is 2. The number of anilines is 2. The van der Waals surface area contributed by atoms with E-state index in [1.165, 1.54) is 4.90 Å². The highest BCUT2D eigenvalue weighted by atomic mass is 32.2. The standard InChI is InChI=1S/C27H22N4O4S/c1-34-21-12-10-18(11-13-21)14-24-26(33)31(20-7-5-8-22(15-20)35-2)27(30-24)36-17-25(32)29-23-9-4-3-6-19(23)16-28/h3-15H,17H2,1-2H3,(H,29,32)/b24-14-. The molecule has 9 heteroatoms. The van der Waals surface area contributed by atoms with E-state index in [0.717, 1.165) is 17.3 Å². The van der Waals surface area contributed by atoms with Crippen molar-refractivity contribution in [1.82, 2.24) is 0 Å². The zero-order valence-electron chi connectivity index (χ0n) is 19.6. The zero-order valence-corrected chi connectivity index (χ0v) is 20.4. The number of ether oxygens (including phenoxy) is 2. The molecule has 0 fully saturated rings. The van der Waals surface area contributed by atoms with Crippen LogP contribution in [-0.2, 0) is 9.59 Å². The van der Waals surface area contributed by atoms with E-state index in [1.807, 2.05) is 12.1 Å². The molecule has 36 heavy (non-hydrogen) atoms. The number of methoxy groups -OCH3 is 2. The molecule has 0 atom stereocenters. The van der Waals surface area contributed by atoms with Crippen molar-refractivity contribution < 1.29 is 19.1 Å². The maximum atomic E-state index is 13.4. The van der Waals surface area contributed by atoms with E-state index in [4.69, 9.17) is 9.47 Å². The van der Waals surface area contributed by atoms with Gasteiger partial charge in [-0.3, -0.25) is 14.5 Å². The van der Waals surface area contributed by atoms with Gasteiger partial charge in [-0.1, -0.05) is 42.1 Å². The largest absolute Gasteiger partial charge is 0.497 e. The Morgan fingerprint density at radius 1 is 1.06 bits per heavy atom. The van der Waals surface area contributed by atoms with Gasteiger partial charge in [-0.2, -0.15) is 5.26 Å². The molecule has 0 radical (unpaired) electrons. The summed E-state index contributed by atoms with van der Waals surface area (Å²) in [6.07, 6.45) is 1.69. The summed E-state index contributed by atoms with van der Waals surface area (Å²) in [4.78, 5) is 32.0. The van der Waals surface area contributed by atoms with Crippen LogP contribution in [0.15, 0.2) is 83.5 Å². The summed E-state index contributed by atoms with van der Waals surface area (Å²) in [7, 11) is 3.13. The molecule has 0 aromatic heterocycles. The lowest BCUT2D eigenvalue weighted by Crippen LogP contribution is -2.31. The molecule has 3 aromatic rings. The fourth-order valence-corrected chi connectivity index (χ4v) is 4.25. The van der Waals surface area contributed by atoms with Gasteiger partial charge in [0.15, 0.2) is 5.17 Å². The van der Waals surface area contributed by atoms with Gasteiger partial charge in [0.2, 0.25) is 5.91 Å². The fraction of sp³-hybridized carbons (Fsp3) is 0.111. The molecule has 2 amide bonds. The first kappa shape index (κ1) is 24.6. The molecule has 0 aliphatic carbocycles. The molecule has 0 saturated heterocycles. The number of nitriles is 1. The Kier molecular flexibility index (Phi) is 7.68. The Bertz CT molecular complexity index is 1390. The van der Waals surface area contributed by atoms with Gasteiger partial charge in [-0.15, -0.1) is 0 Å². The highest BCUT2D eigenvalue weighted by Crippen LogP contribution is 2.31. The minimum absolute atomic E-state index is 0.0117. The number of hydrogen-bond acceptors (Lipinski definition) is 7. The first-order chi connectivity index (χ1) is 17.5. The molecule has 0 spiro atoms. The number of amides is 2. The summed E-state index contributed by atoms with van der Waals surface area (Å²) in [5.74, 6) is 0.634. The number of thioether (sulfide) groups is 1. The Hall–Kier alpha value is -4.55. The lowest BCUT2D eigenvalue weighted by molar-refractivity contribution is -0.114. The smallest absolute Gasteiger partial charge is 0.283 e. The van der Waals surface area contributed by atoms with Gasteiger partial charge < -0.3 is 14.8 Å². The second-order valence-corrected chi connectivity index (χ2v) is 8.48. The molecule has 1 aliphatic rings. The summed E-state index contributed by atoms with van der Waals surface area (Å²) in [6.45, 7) is 0. The van der Waals surface area contributed by atoms with Gasteiger partial charge in [-0.25, -0.2) is 4.99 Å². The Morgan fingerprint density at radius 2 is 1.81 bits per heavy atom. The van der Waals surface area contributed by atoms with Crippen LogP contribution < -0.4 is 19.7 Å². The van der Waals surface area contributed by atoms with Gasteiger partial charge in [-0.05, 0) is 48.0 Å². The predicted octanol–water partition coefficient (Wildman–Crippen LogP) is 4.69. The predicted molar refractivity (Wildman–Crippen MR) is 141 cm³/mol. The third kappa shape index (κ3) is 5.56. The topological polar surface area (TPSA) is 104 Å². The first-order valence-electron chi connectivity index (χ1n) is 10.9. The Balaban J connectivity index is 1.59. The molecule has 180 valence electrons. The number of nitrogens with one attached hydrogen (secondary N) is 1. The first-order valence-corrected chi connectivity index (χ1v) is 11.9. The van der Waals surface area contributed by atoms with E-state index in [0.29, 0.717) is 33.6 Å². The second-order valence-electron chi connectivity index (χ2n) is 7.53. The van der Waals surface area contributed by atoms with Gasteiger partial charge in [0.1, 0.15) is 23.3 Å². The van der Waals surface area contributed by atoms with Crippen LogP contribution in [0.3, 0.4) is 0 Å². The number of hydrogen-bond donors (Lipinski definition) is 1. The molecule has 0 saturated carbocycles. The fourth-order valence-electron chi connectivity index (χ4n) is 3.43. The van der Waals surface area contributed by atoms with Gasteiger partial charge in [0.05, 0.1) is 36.9 Å². The number of nitrogens with zero attached hydrogens (tertiary/aromatic N) is 3. The molecule has 1 N–H and O–H groups in total. The van der Waals surface area contributed by atoms with Crippen molar-refractivity contribution in [2.24, 2.45) is 4.99 Å². The molecule has 3 aromatic carbocycles. The van der Waals surface area contributed by atoms with Crippen LogP contribution in [0.25, 0.3) is 6.08 Å². The summed E-state index contributed by atoms with van der Waals surface area (Å²) in [5.41, 5.74) is 2.39. The average Bonchev–Trinajstić information content (AvgIpc) is 3.22. The van der Waals surface area contributed by atoms with Crippen molar-refractivity contribution in [3.05, 3.63) is 89.6 Å². The molecule has 0 unspecified atom stereocenters. The van der Waals surface area contributed by atoms with E-state index in [9.17, 15) is 14.9 Å². The van der Waals surface area contributed by atoms with E-state index in [-0.39, 0.29) is 23.3 Å². The van der Waals surface area contributed by atoms with Crippen LogP contribution in [-0.4, -0.2) is 37.0 Å². The molecule has 4 rings (SSSR count). The molecule has 1 heterocycles. The van der Waals surface area contributed by atoms with E-state index < -0.39 is 0 Å². The van der Waals surface area contributed by atoms with Crippen molar-refractivity contribution in [1.29, 1.82) is 5.26 Å². The van der Waals surface area contributed by atoms with E-state index in [2.05, 4.69) is 16.4 Å². The second kappa shape index (κ2) is 11.3. The minimum atomic E-state index is -0.323. The SMILES string of the molecule is COc1ccc(/C=C2\N=C(SCC(=O)Nc3ccccc3C#N)N(c3cccc(OC)c3)C2=O)cc1. The number of amidine groups is 1. The number of rotatable bonds is 7. The maximum absolute atomic E-state index is 13.4. The Morgan fingerprint density at radius 3 is 2.53 bits per heavy atom. The molecular weight excluding hydrogens is 476 g/mol. The van der Waals surface area contributed by atoms with Crippen LogP contribution in [0.1, 0.15) is 11.1 Å². The normalized spacial score (nSPS) is 13.8. The summed E-state index contributed by atoms with van der Waals surface area (Å²) < 4.78 is 10.5. The van der Waals surface area contributed by atoms with Crippen molar-refractivity contribution in [3.63, 3.8) is 0 Å².